The van der Waals surface area contributed by atoms with Crippen molar-refractivity contribution in [2.24, 2.45) is 11.8 Å². The number of rotatable bonds is 24. The highest BCUT2D eigenvalue weighted by atomic mass is 79.9. The van der Waals surface area contributed by atoms with E-state index in [2.05, 4.69) is 84.1 Å². The van der Waals surface area contributed by atoms with E-state index in [-0.39, 0.29) is 11.8 Å². The second kappa shape index (κ2) is 20.1. The number of amides is 2. The fourth-order valence-corrected chi connectivity index (χ4v) is 12.5. The molecule has 2 aromatic rings. The van der Waals surface area contributed by atoms with Crippen LogP contribution in [0.4, 0.5) is 0 Å². The van der Waals surface area contributed by atoms with Gasteiger partial charge in [-0.05, 0) is 79.8 Å². The van der Waals surface area contributed by atoms with Gasteiger partial charge in [-0.15, -0.1) is 22.7 Å². The number of nitrogens with zero attached hydrogens (tertiary/aromatic N) is 2. The molecule has 0 N–H and O–H groups in total. The van der Waals surface area contributed by atoms with Gasteiger partial charge in [-0.2, -0.15) is 0 Å². The molecule has 0 atom stereocenters. The standard InChI is InChI=1S/C46H62Br2N2O2S2/c1-5-9-13-17-21-31(22-18-14-10-6-2)25-33-29-49-41(43-35(33)27-37(47)53-43)39-40(45(49)51)42-44-36(28-38(48)54-44)34(30-50(42)46(39)52)26-32(23-19-15-11-7-3)24-20-16-12-8-4/h27-32H,5-26H2,1-4H3. The fraction of sp³-hybridized carbons (Fsp3) is 0.609. The lowest BCUT2D eigenvalue weighted by Gasteiger charge is -2.29. The van der Waals surface area contributed by atoms with E-state index in [1.54, 1.807) is 22.7 Å². The molecule has 0 aliphatic carbocycles. The third-order valence-electron chi connectivity index (χ3n) is 12.0. The molecule has 4 aliphatic heterocycles. The Hall–Kier alpha value is -1.74. The van der Waals surface area contributed by atoms with Crippen LogP contribution < -0.4 is 0 Å². The van der Waals surface area contributed by atoms with Crippen molar-refractivity contribution in [2.45, 2.75) is 169 Å². The minimum absolute atomic E-state index is 0.0574. The van der Waals surface area contributed by atoms with Gasteiger partial charge in [0.15, 0.2) is 0 Å². The average Bonchev–Trinajstić information content (AvgIpc) is 3.89. The van der Waals surface area contributed by atoms with Gasteiger partial charge in [0.2, 0.25) is 0 Å². The van der Waals surface area contributed by atoms with E-state index in [1.165, 1.54) is 151 Å². The average molecular weight is 899 g/mol. The molecular weight excluding hydrogens is 836 g/mol. The van der Waals surface area contributed by atoms with Crippen molar-refractivity contribution in [3.05, 3.63) is 64.1 Å². The molecule has 4 aliphatic rings. The molecule has 0 saturated carbocycles. The van der Waals surface area contributed by atoms with E-state index < -0.39 is 0 Å². The van der Waals surface area contributed by atoms with Crippen molar-refractivity contribution in [2.75, 3.05) is 0 Å². The fourth-order valence-electron chi connectivity index (χ4n) is 9.12. The predicted octanol–water partition coefficient (Wildman–Crippen LogP) is 15.7. The zero-order chi connectivity index (χ0) is 38.2. The van der Waals surface area contributed by atoms with Gasteiger partial charge in [-0.1, -0.05) is 156 Å². The van der Waals surface area contributed by atoms with E-state index in [1.807, 2.05) is 9.80 Å². The van der Waals surface area contributed by atoms with Gasteiger partial charge >= 0.3 is 0 Å². The normalized spacial score (nSPS) is 16.1. The molecule has 0 radical (unpaired) electrons. The van der Waals surface area contributed by atoms with E-state index in [0.717, 1.165) is 41.6 Å². The number of thiophene rings is 2. The molecule has 6 heterocycles. The van der Waals surface area contributed by atoms with Crippen molar-refractivity contribution in [3.63, 3.8) is 0 Å². The maximum atomic E-state index is 14.7. The summed E-state index contributed by atoms with van der Waals surface area (Å²) in [5, 5.41) is 0. The van der Waals surface area contributed by atoms with E-state index in [9.17, 15) is 9.59 Å². The molecule has 6 rings (SSSR count). The van der Waals surface area contributed by atoms with Crippen molar-refractivity contribution in [3.8, 4) is 0 Å². The Kier molecular flexibility index (Phi) is 15.6. The molecule has 2 amide bonds. The molecule has 0 unspecified atom stereocenters. The monoisotopic (exact) mass is 896 g/mol. The van der Waals surface area contributed by atoms with Crippen molar-refractivity contribution < 1.29 is 9.59 Å². The van der Waals surface area contributed by atoms with Crippen LogP contribution in [0, 0.1) is 11.8 Å². The SMILES string of the molecule is CCCCCCC(CCCCCC)CC1=CN2C(=O)C3=C4c5sc(Br)cc5C(CC(CCCCCC)CCCCCC)=CN4C(=O)C3=C2c2sc(Br)cc21. The van der Waals surface area contributed by atoms with Gasteiger partial charge in [0.25, 0.3) is 11.8 Å². The van der Waals surface area contributed by atoms with E-state index >= 15 is 0 Å². The van der Waals surface area contributed by atoms with Gasteiger partial charge in [0.05, 0.1) is 39.9 Å². The van der Waals surface area contributed by atoms with Crippen molar-refractivity contribution in [1.29, 1.82) is 0 Å². The minimum Gasteiger partial charge on any atom is -0.281 e. The number of carbonyl (C=O) groups is 2. The highest BCUT2D eigenvalue weighted by molar-refractivity contribution is 9.11. The number of halogens is 2. The van der Waals surface area contributed by atoms with Gasteiger partial charge < -0.3 is 0 Å². The lowest BCUT2D eigenvalue weighted by atomic mass is 9.86. The Morgan fingerprint density at radius 1 is 0.519 bits per heavy atom. The number of carbonyl (C=O) groups excluding carboxylic acids is 2. The number of hydrogen-bond donors (Lipinski definition) is 0. The first-order valence-electron chi connectivity index (χ1n) is 21.5. The second-order valence-electron chi connectivity index (χ2n) is 16.2. The summed E-state index contributed by atoms with van der Waals surface area (Å²) in [5.41, 5.74) is 7.61. The summed E-state index contributed by atoms with van der Waals surface area (Å²) in [6, 6.07) is 4.47. The Balaban J connectivity index is 1.32. The Labute approximate surface area is 350 Å². The van der Waals surface area contributed by atoms with Crippen molar-refractivity contribution in [1.82, 2.24) is 9.80 Å². The summed E-state index contributed by atoms with van der Waals surface area (Å²) in [4.78, 5) is 35.3. The summed E-state index contributed by atoms with van der Waals surface area (Å²) in [6.45, 7) is 9.12. The lowest BCUT2D eigenvalue weighted by Crippen LogP contribution is -2.27. The maximum Gasteiger partial charge on any atom is 0.265 e. The first-order chi connectivity index (χ1) is 26.3. The third kappa shape index (κ3) is 9.34. The van der Waals surface area contributed by atoms with Gasteiger partial charge in [-0.25, -0.2) is 0 Å². The van der Waals surface area contributed by atoms with Gasteiger partial charge in [0.1, 0.15) is 0 Å². The van der Waals surface area contributed by atoms with Crippen LogP contribution in [-0.2, 0) is 9.59 Å². The molecule has 2 aromatic heterocycles. The zero-order valence-corrected chi connectivity index (χ0v) is 38.1. The number of unbranched alkanes of at least 4 members (excludes halogenated alkanes) is 12. The van der Waals surface area contributed by atoms with Crippen LogP contribution >= 0.6 is 54.5 Å². The smallest absolute Gasteiger partial charge is 0.265 e. The molecular formula is C46H62Br2N2O2S2. The molecule has 8 heteroatoms. The summed E-state index contributed by atoms with van der Waals surface area (Å²) in [5.74, 6) is 1.07. The van der Waals surface area contributed by atoms with E-state index in [0.29, 0.717) is 23.0 Å². The van der Waals surface area contributed by atoms with Crippen LogP contribution in [0.1, 0.15) is 190 Å². The van der Waals surface area contributed by atoms with Crippen LogP contribution in [0.2, 0.25) is 0 Å². The van der Waals surface area contributed by atoms with Crippen LogP contribution in [0.5, 0.6) is 0 Å². The van der Waals surface area contributed by atoms with Crippen molar-refractivity contribution >= 4 is 88.9 Å². The Morgan fingerprint density at radius 3 is 1.17 bits per heavy atom. The van der Waals surface area contributed by atoms with Gasteiger partial charge in [0, 0.05) is 23.5 Å². The van der Waals surface area contributed by atoms with Crippen LogP contribution in [0.15, 0.2) is 43.3 Å². The molecule has 0 spiro atoms. The maximum absolute atomic E-state index is 14.7. The lowest BCUT2D eigenvalue weighted by molar-refractivity contribution is -0.122. The molecule has 294 valence electrons. The summed E-state index contributed by atoms with van der Waals surface area (Å²) in [6.07, 6.45) is 31.5. The van der Waals surface area contributed by atoms with Crippen LogP contribution in [0.3, 0.4) is 0 Å². The quantitative estimate of drug-likeness (QED) is 0.0985. The predicted molar refractivity (Wildman–Crippen MR) is 239 cm³/mol. The molecule has 0 bridgehead atoms. The molecule has 0 aromatic carbocycles. The number of allylic oxidation sites excluding steroid dienone is 2. The molecule has 0 fully saturated rings. The molecule has 54 heavy (non-hydrogen) atoms. The summed E-state index contributed by atoms with van der Waals surface area (Å²) >= 11 is 11.0. The topological polar surface area (TPSA) is 40.6 Å². The highest BCUT2D eigenvalue weighted by Crippen LogP contribution is 2.56. The first-order valence-corrected chi connectivity index (χ1v) is 24.7. The zero-order valence-electron chi connectivity index (χ0n) is 33.3. The minimum atomic E-state index is -0.0574. The number of hydrogen-bond acceptors (Lipinski definition) is 4. The number of fused-ring (bicyclic) bond motifs is 7. The second-order valence-corrected chi connectivity index (χ2v) is 21.1. The Morgan fingerprint density at radius 2 is 0.852 bits per heavy atom. The van der Waals surface area contributed by atoms with Gasteiger partial charge in [-0.3, -0.25) is 19.4 Å². The first kappa shape index (κ1) is 41.9. The van der Waals surface area contributed by atoms with Crippen LogP contribution in [-0.4, -0.2) is 21.6 Å². The Bertz CT molecular complexity index is 1630. The van der Waals surface area contributed by atoms with Crippen LogP contribution in [0.25, 0.3) is 22.5 Å². The molecule has 4 nitrogen and oxygen atoms in total. The van der Waals surface area contributed by atoms with E-state index in [4.69, 9.17) is 0 Å². The third-order valence-corrected chi connectivity index (χ3v) is 15.3. The largest absolute Gasteiger partial charge is 0.281 e. The summed E-state index contributed by atoms with van der Waals surface area (Å²) in [7, 11) is 0. The molecule has 0 saturated heterocycles. The highest BCUT2D eigenvalue weighted by Gasteiger charge is 2.52. The summed E-state index contributed by atoms with van der Waals surface area (Å²) < 4.78 is 2.09.